The first-order valence-electron chi connectivity index (χ1n) is 5.90. The van der Waals surface area contributed by atoms with Crippen LogP contribution in [0, 0.1) is 6.92 Å². The van der Waals surface area contributed by atoms with Crippen molar-refractivity contribution in [3.63, 3.8) is 0 Å². The Kier molecular flexibility index (Phi) is 5.48. The molecule has 0 aliphatic rings. The molecule has 0 unspecified atom stereocenters. The van der Waals surface area contributed by atoms with Gasteiger partial charge in [0.05, 0.1) is 6.10 Å². The zero-order valence-corrected chi connectivity index (χ0v) is 11.7. The van der Waals surface area contributed by atoms with Crippen molar-refractivity contribution in [2.75, 3.05) is 23.9 Å². The Hall–Kier alpha value is -1.03. The Morgan fingerprint density at radius 1 is 1.41 bits per heavy atom. The van der Waals surface area contributed by atoms with Crippen LogP contribution >= 0.6 is 11.6 Å². The Morgan fingerprint density at radius 2 is 2.12 bits per heavy atom. The van der Waals surface area contributed by atoms with Crippen molar-refractivity contribution < 1.29 is 4.74 Å². The van der Waals surface area contributed by atoms with Gasteiger partial charge in [0.25, 0.3) is 0 Å². The maximum Gasteiger partial charge on any atom is 0.228 e. The number of rotatable bonds is 6. The van der Waals surface area contributed by atoms with Crippen LogP contribution in [-0.4, -0.2) is 35.0 Å². The van der Waals surface area contributed by atoms with Crippen molar-refractivity contribution in [1.82, 2.24) is 9.97 Å². The Labute approximate surface area is 108 Å². The molecule has 0 aliphatic heterocycles. The van der Waals surface area contributed by atoms with Crippen molar-refractivity contribution in [3.8, 4) is 5.88 Å². The van der Waals surface area contributed by atoms with Crippen molar-refractivity contribution in [2.45, 2.75) is 33.8 Å². The summed E-state index contributed by atoms with van der Waals surface area (Å²) >= 11 is 5.76. The van der Waals surface area contributed by atoms with Gasteiger partial charge in [-0.25, -0.2) is 4.98 Å². The van der Waals surface area contributed by atoms with Gasteiger partial charge in [-0.1, -0.05) is 0 Å². The second-order valence-corrected chi connectivity index (χ2v) is 4.46. The van der Waals surface area contributed by atoms with E-state index in [9.17, 15) is 0 Å². The monoisotopic (exact) mass is 257 g/mol. The molecule has 0 bridgehead atoms. The molecule has 0 aromatic carbocycles. The second-order valence-electron chi connectivity index (χ2n) is 4.08. The predicted molar refractivity (Wildman–Crippen MR) is 71.1 cm³/mol. The van der Waals surface area contributed by atoms with Crippen LogP contribution in [0.2, 0.25) is 0 Å². The number of aromatic nitrogens is 2. The summed E-state index contributed by atoms with van der Waals surface area (Å²) in [6.45, 7) is 9.52. The molecule has 0 aliphatic carbocycles. The van der Waals surface area contributed by atoms with Crippen molar-refractivity contribution in [2.24, 2.45) is 0 Å². The second kappa shape index (κ2) is 6.64. The number of alkyl halides is 1. The van der Waals surface area contributed by atoms with Gasteiger partial charge in [-0.15, -0.1) is 11.6 Å². The van der Waals surface area contributed by atoms with E-state index < -0.39 is 0 Å². The molecule has 1 heterocycles. The van der Waals surface area contributed by atoms with Crippen LogP contribution in [0.4, 0.5) is 5.95 Å². The Bertz CT molecular complexity index is 358. The van der Waals surface area contributed by atoms with E-state index in [0.29, 0.717) is 17.7 Å². The highest BCUT2D eigenvalue weighted by Gasteiger charge is 2.10. The van der Waals surface area contributed by atoms with E-state index in [1.165, 1.54) is 0 Å². The number of aryl methyl sites for hydroxylation is 1. The third kappa shape index (κ3) is 4.38. The molecule has 0 atom stereocenters. The molecule has 17 heavy (non-hydrogen) atoms. The molecule has 1 rings (SSSR count). The molecular formula is C12H20ClN3O. The number of anilines is 1. The van der Waals surface area contributed by atoms with Gasteiger partial charge in [-0.3, -0.25) is 0 Å². The fraction of sp³-hybridized carbons (Fsp3) is 0.667. The molecule has 0 saturated heterocycles. The summed E-state index contributed by atoms with van der Waals surface area (Å²) in [7, 11) is 0. The summed E-state index contributed by atoms with van der Waals surface area (Å²) in [4.78, 5) is 10.8. The van der Waals surface area contributed by atoms with E-state index in [1.807, 2.05) is 31.7 Å². The highest BCUT2D eigenvalue weighted by molar-refractivity contribution is 6.18. The third-order valence-electron chi connectivity index (χ3n) is 2.19. The molecule has 0 fully saturated rings. The fourth-order valence-corrected chi connectivity index (χ4v) is 1.67. The van der Waals surface area contributed by atoms with Gasteiger partial charge in [0.15, 0.2) is 0 Å². The van der Waals surface area contributed by atoms with E-state index >= 15 is 0 Å². The van der Waals surface area contributed by atoms with E-state index in [4.69, 9.17) is 16.3 Å². The summed E-state index contributed by atoms with van der Waals surface area (Å²) in [6.07, 6.45) is 0.111. The maximum atomic E-state index is 5.76. The summed E-state index contributed by atoms with van der Waals surface area (Å²) in [5.41, 5.74) is 0.902. The number of ether oxygens (including phenoxy) is 1. The summed E-state index contributed by atoms with van der Waals surface area (Å²) < 4.78 is 5.60. The van der Waals surface area contributed by atoms with E-state index in [-0.39, 0.29) is 6.10 Å². The minimum absolute atomic E-state index is 0.111. The molecule has 0 amide bonds. The number of hydrogen-bond donors (Lipinski definition) is 0. The summed E-state index contributed by atoms with van der Waals surface area (Å²) in [6, 6.07) is 1.85. The number of halogens is 1. The van der Waals surface area contributed by atoms with Gasteiger partial charge in [-0.2, -0.15) is 4.98 Å². The lowest BCUT2D eigenvalue weighted by Gasteiger charge is -2.20. The third-order valence-corrected chi connectivity index (χ3v) is 2.36. The van der Waals surface area contributed by atoms with Gasteiger partial charge in [-0.05, 0) is 27.7 Å². The lowest BCUT2D eigenvalue weighted by molar-refractivity contribution is 0.232. The van der Waals surface area contributed by atoms with Gasteiger partial charge < -0.3 is 9.64 Å². The normalized spacial score (nSPS) is 10.7. The minimum atomic E-state index is 0.111. The van der Waals surface area contributed by atoms with E-state index in [1.54, 1.807) is 0 Å². The van der Waals surface area contributed by atoms with Crippen molar-refractivity contribution in [1.29, 1.82) is 0 Å². The zero-order chi connectivity index (χ0) is 12.8. The quantitative estimate of drug-likeness (QED) is 0.735. The van der Waals surface area contributed by atoms with Crippen LogP contribution in [0.3, 0.4) is 0 Å². The molecule has 1 aromatic heterocycles. The molecule has 0 spiro atoms. The Balaban J connectivity index is 2.94. The molecular weight excluding hydrogens is 238 g/mol. The van der Waals surface area contributed by atoms with E-state index in [2.05, 4.69) is 16.9 Å². The fourth-order valence-electron chi connectivity index (χ4n) is 1.47. The summed E-state index contributed by atoms with van der Waals surface area (Å²) in [5, 5.41) is 0. The largest absolute Gasteiger partial charge is 0.475 e. The van der Waals surface area contributed by atoms with Crippen LogP contribution in [0.25, 0.3) is 0 Å². The van der Waals surface area contributed by atoms with Gasteiger partial charge >= 0.3 is 0 Å². The molecule has 1 aromatic rings. The van der Waals surface area contributed by atoms with Crippen molar-refractivity contribution in [3.05, 3.63) is 11.8 Å². The summed E-state index contributed by atoms with van der Waals surface area (Å²) in [5.74, 6) is 1.87. The highest BCUT2D eigenvalue weighted by atomic mass is 35.5. The average molecular weight is 258 g/mol. The average Bonchev–Trinajstić information content (AvgIpc) is 2.23. The zero-order valence-electron chi connectivity index (χ0n) is 10.9. The molecule has 0 radical (unpaired) electrons. The number of nitrogens with zero attached hydrogens (tertiary/aromatic N) is 3. The molecule has 5 heteroatoms. The topological polar surface area (TPSA) is 38.2 Å². The first kappa shape index (κ1) is 14.0. The van der Waals surface area contributed by atoms with Crippen LogP contribution in [-0.2, 0) is 0 Å². The van der Waals surface area contributed by atoms with Crippen LogP contribution < -0.4 is 9.64 Å². The molecule has 96 valence electrons. The first-order valence-corrected chi connectivity index (χ1v) is 6.43. The molecule has 4 nitrogen and oxygen atoms in total. The van der Waals surface area contributed by atoms with Crippen LogP contribution in [0.1, 0.15) is 26.5 Å². The minimum Gasteiger partial charge on any atom is -0.475 e. The standard InChI is InChI=1S/C12H20ClN3O/c1-5-16(7-6-13)12-14-10(4)8-11(15-12)17-9(2)3/h8-9H,5-7H2,1-4H3. The van der Waals surface area contributed by atoms with Gasteiger partial charge in [0.2, 0.25) is 11.8 Å². The highest BCUT2D eigenvalue weighted by Crippen LogP contribution is 2.16. The molecule has 0 saturated carbocycles. The lowest BCUT2D eigenvalue weighted by Crippen LogP contribution is -2.27. The van der Waals surface area contributed by atoms with Crippen LogP contribution in [0.5, 0.6) is 5.88 Å². The smallest absolute Gasteiger partial charge is 0.228 e. The SMILES string of the molecule is CCN(CCCl)c1nc(C)cc(OC(C)C)n1. The van der Waals surface area contributed by atoms with Gasteiger partial charge in [0, 0.05) is 30.7 Å². The van der Waals surface area contributed by atoms with Crippen molar-refractivity contribution >= 4 is 17.5 Å². The lowest BCUT2D eigenvalue weighted by atomic mass is 10.4. The first-order chi connectivity index (χ1) is 8.06. The Morgan fingerprint density at radius 3 is 2.65 bits per heavy atom. The van der Waals surface area contributed by atoms with E-state index in [0.717, 1.165) is 18.8 Å². The maximum absolute atomic E-state index is 5.76. The van der Waals surface area contributed by atoms with Crippen LogP contribution in [0.15, 0.2) is 6.07 Å². The van der Waals surface area contributed by atoms with Gasteiger partial charge in [0.1, 0.15) is 0 Å². The predicted octanol–water partition coefficient (Wildman–Crippen LogP) is 2.64. The molecule has 0 N–H and O–H groups in total. The number of hydrogen-bond acceptors (Lipinski definition) is 4.